The maximum atomic E-state index is 14.0. The average Bonchev–Trinajstić information content (AvgIpc) is 3.59. The van der Waals surface area contributed by atoms with Crippen molar-refractivity contribution < 1.29 is 9.21 Å². The van der Waals surface area contributed by atoms with Gasteiger partial charge in [0.1, 0.15) is 11.8 Å². The second-order valence-corrected chi connectivity index (χ2v) is 9.93. The predicted octanol–water partition coefficient (Wildman–Crippen LogP) is 5.90. The van der Waals surface area contributed by atoms with Crippen LogP contribution in [0.4, 0.5) is 0 Å². The Hall–Kier alpha value is -3.65. The quantitative estimate of drug-likeness (QED) is 0.255. The van der Waals surface area contributed by atoms with E-state index in [1.54, 1.807) is 35.8 Å². The first kappa shape index (κ1) is 24.1. The molecule has 3 heterocycles. The molecule has 0 fully saturated rings. The van der Waals surface area contributed by atoms with E-state index in [1.807, 2.05) is 64.9 Å². The zero-order chi connectivity index (χ0) is 24.9. The van der Waals surface area contributed by atoms with Crippen molar-refractivity contribution >= 4 is 39.7 Å². The van der Waals surface area contributed by atoms with E-state index in [2.05, 4.69) is 10.3 Å². The van der Waals surface area contributed by atoms with Crippen LogP contribution in [-0.2, 0) is 24.4 Å². The van der Waals surface area contributed by atoms with Gasteiger partial charge in [-0.25, -0.2) is 0 Å². The smallest absolute Gasteiger partial charge is 0.248 e. The summed E-state index contributed by atoms with van der Waals surface area (Å²) in [4.78, 5) is 31.3. The van der Waals surface area contributed by atoms with Gasteiger partial charge < -0.3 is 14.3 Å². The number of fused-ring (bicyclic) bond motifs is 1. The Kier molecular flexibility index (Phi) is 7.32. The van der Waals surface area contributed by atoms with Gasteiger partial charge in [0, 0.05) is 28.0 Å². The fourth-order valence-corrected chi connectivity index (χ4v) is 4.96. The fourth-order valence-electron chi connectivity index (χ4n) is 4.11. The molecule has 36 heavy (non-hydrogen) atoms. The zero-order valence-corrected chi connectivity index (χ0v) is 20.9. The molecule has 6 nitrogen and oxygen atoms in total. The second kappa shape index (κ2) is 11.0. The molecule has 5 rings (SSSR count). The molecule has 0 unspecified atom stereocenters. The largest absolute Gasteiger partial charge is 0.467 e. The molecule has 1 amide bonds. The average molecular weight is 518 g/mol. The van der Waals surface area contributed by atoms with E-state index in [9.17, 15) is 9.59 Å². The van der Waals surface area contributed by atoms with Crippen LogP contribution >= 0.6 is 22.9 Å². The number of hydrogen-bond donors (Lipinski definition) is 2. The highest BCUT2D eigenvalue weighted by Crippen LogP contribution is 2.24. The van der Waals surface area contributed by atoms with E-state index in [4.69, 9.17) is 16.0 Å². The summed E-state index contributed by atoms with van der Waals surface area (Å²) < 4.78 is 5.56. The van der Waals surface area contributed by atoms with Crippen molar-refractivity contribution in [3.63, 3.8) is 0 Å². The van der Waals surface area contributed by atoms with E-state index in [0.29, 0.717) is 24.7 Å². The molecule has 0 aliphatic heterocycles. The summed E-state index contributed by atoms with van der Waals surface area (Å²) in [5.41, 5.74) is 2.46. The minimum atomic E-state index is -0.594. The van der Waals surface area contributed by atoms with Crippen molar-refractivity contribution in [2.45, 2.75) is 25.7 Å². The first-order valence-electron chi connectivity index (χ1n) is 11.5. The summed E-state index contributed by atoms with van der Waals surface area (Å²) in [6.45, 7) is 1.30. The van der Waals surface area contributed by atoms with Crippen LogP contribution in [0.15, 0.2) is 99.7 Å². The van der Waals surface area contributed by atoms with Crippen molar-refractivity contribution in [2.24, 2.45) is 0 Å². The lowest BCUT2D eigenvalue weighted by Crippen LogP contribution is -2.40. The Bertz CT molecular complexity index is 1460. The number of amides is 1. The van der Waals surface area contributed by atoms with Gasteiger partial charge in [0.05, 0.1) is 19.4 Å². The third-order valence-electron chi connectivity index (χ3n) is 5.91. The summed E-state index contributed by atoms with van der Waals surface area (Å²) in [6, 6.07) is 23.6. The van der Waals surface area contributed by atoms with Crippen LogP contribution in [0.25, 0.3) is 10.9 Å². The predicted molar refractivity (Wildman–Crippen MR) is 143 cm³/mol. The number of furan rings is 1. The van der Waals surface area contributed by atoms with Gasteiger partial charge in [-0.3, -0.25) is 14.9 Å². The Morgan fingerprint density at radius 2 is 1.89 bits per heavy atom. The number of pyridine rings is 1. The molecule has 0 bridgehead atoms. The van der Waals surface area contributed by atoms with Gasteiger partial charge in [-0.2, -0.15) is 0 Å². The molecule has 0 radical (unpaired) electrons. The Morgan fingerprint density at radius 1 is 1.03 bits per heavy atom. The minimum Gasteiger partial charge on any atom is -0.467 e. The number of carbonyl (C=O) groups excluding carboxylic acids is 1. The van der Waals surface area contributed by atoms with Gasteiger partial charge in [-0.1, -0.05) is 35.9 Å². The number of nitrogens with one attached hydrogen (secondary N) is 2. The summed E-state index contributed by atoms with van der Waals surface area (Å²) >= 11 is 7.75. The van der Waals surface area contributed by atoms with Crippen molar-refractivity contribution in [3.8, 4) is 0 Å². The molecule has 0 aliphatic rings. The minimum absolute atomic E-state index is 0.0627. The number of carbonyl (C=O) groups is 1. The number of hydrogen-bond acceptors (Lipinski definition) is 5. The Balaban J connectivity index is 1.43. The van der Waals surface area contributed by atoms with Crippen LogP contribution in [0.1, 0.15) is 27.8 Å². The standard InChI is InChI=1S/C28H24ClN3O3S/c29-22-9-6-20(7-10-22)27(30-16-19-5-11-25-21(15-19)8-12-26(33)31-25)28(34)32(17-23-3-1-13-35-23)18-24-4-2-14-36-24/h1-15,27,30H,16-18H2,(H,31,33)/t27-/m1/s1. The number of H-pyrrole nitrogens is 1. The summed E-state index contributed by atoms with van der Waals surface area (Å²) in [5.74, 6) is 0.658. The maximum absolute atomic E-state index is 14.0. The lowest BCUT2D eigenvalue weighted by Gasteiger charge is -2.27. The Morgan fingerprint density at radius 3 is 2.64 bits per heavy atom. The molecular formula is C28H24ClN3O3S. The maximum Gasteiger partial charge on any atom is 0.248 e. The van der Waals surface area contributed by atoms with E-state index in [0.717, 1.165) is 32.7 Å². The topological polar surface area (TPSA) is 78.3 Å². The number of aromatic amines is 1. The summed E-state index contributed by atoms with van der Waals surface area (Å²) in [7, 11) is 0. The fraction of sp³-hybridized carbons (Fsp3) is 0.143. The Labute approximate surface area is 217 Å². The lowest BCUT2D eigenvalue weighted by molar-refractivity contribution is -0.135. The van der Waals surface area contributed by atoms with Crippen LogP contribution in [-0.4, -0.2) is 15.8 Å². The first-order chi connectivity index (χ1) is 17.5. The number of thiophene rings is 1. The van der Waals surface area contributed by atoms with E-state index >= 15 is 0 Å². The molecule has 182 valence electrons. The van der Waals surface area contributed by atoms with E-state index in [1.165, 1.54) is 6.07 Å². The molecule has 5 aromatic rings. The summed E-state index contributed by atoms with van der Waals surface area (Å²) in [6.07, 6.45) is 1.62. The number of halogens is 1. The van der Waals surface area contributed by atoms with Gasteiger partial charge in [0.15, 0.2) is 0 Å². The SMILES string of the molecule is O=C([C@H](NCc1ccc2[nH]c(=O)ccc2c1)c1ccc(Cl)cc1)N(Cc1ccco1)Cc1cccs1. The third-order valence-corrected chi connectivity index (χ3v) is 7.03. The van der Waals surface area contributed by atoms with Gasteiger partial charge in [0.25, 0.3) is 0 Å². The second-order valence-electron chi connectivity index (χ2n) is 8.46. The first-order valence-corrected chi connectivity index (χ1v) is 12.8. The molecule has 3 aromatic heterocycles. The summed E-state index contributed by atoms with van der Waals surface area (Å²) in [5, 5.41) is 7.00. The number of benzene rings is 2. The van der Waals surface area contributed by atoms with Crippen molar-refractivity contribution in [2.75, 3.05) is 0 Å². The molecule has 0 spiro atoms. The van der Waals surface area contributed by atoms with Crippen LogP contribution in [0.2, 0.25) is 5.02 Å². The van der Waals surface area contributed by atoms with Crippen molar-refractivity contribution in [1.82, 2.24) is 15.2 Å². The lowest BCUT2D eigenvalue weighted by atomic mass is 10.0. The van der Waals surface area contributed by atoms with Gasteiger partial charge in [-0.15, -0.1) is 11.3 Å². The molecule has 0 saturated carbocycles. The molecule has 0 aliphatic carbocycles. The number of nitrogens with zero attached hydrogens (tertiary/aromatic N) is 1. The highest BCUT2D eigenvalue weighted by Gasteiger charge is 2.27. The van der Waals surface area contributed by atoms with Crippen LogP contribution in [0.3, 0.4) is 0 Å². The van der Waals surface area contributed by atoms with Crippen molar-refractivity contribution in [1.29, 1.82) is 0 Å². The van der Waals surface area contributed by atoms with Gasteiger partial charge in [-0.05, 0) is 70.4 Å². The third kappa shape index (κ3) is 5.76. The molecule has 1 atom stereocenters. The highest BCUT2D eigenvalue weighted by molar-refractivity contribution is 7.09. The van der Waals surface area contributed by atoms with Gasteiger partial charge >= 0.3 is 0 Å². The molecular weight excluding hydrogens is 494 g/mol. The molecule has 2 aromatic carbocycles. The van der Waals surface area contributed by atoms with E-state index in [-0.39, 0.29) is 11.5 Å². The number of aromatic nitrogens is 1. The molecule has 8 heteroatoms. The molecule has 0 saturated heterocycles. The van der Waals surface area contributed by atoms with Crippen LogP contribution < -0.4 is 10.9 Å². The highest BCUT2D eigenvalue weighted by atomic mass is 35.5. The van der Waals surface area contributed by atoms with Gasteiger partial charge in [0.2, 0.25) is 11.5 Å². The number of rotatable bonds is 9. The van der Waals surface area contributed by atoms with Crippen LogP contribution in [0, 0.1) is 0 Å². The van der Waals surface area contributed by atoms with Crippen molar-refractivity contribution in [3.05, 3.63) is 128 Å². The monoisotopic (exact) mass is 517 g/mol. The van der Waals surface area contributed by atoms with Crippen LogP contribution in [0.5, 0.6) is 0 Å². The van der Waals surface area contributed by atoms with E-state index < -0.39 is 6.04 Å². The normalized spacial score (nSPS) is 12.0. The zero-order valence-electron chi connectivity index (χ0n) is 19.3. The molecule has 2 N–H and O–H groups in total.